The highest BCUT2D eigenvalue weighted by Gasteiger charge is 2.17. The minimum Gasteiger partial charge on any atom is -0.383 e. The molecule has 2 aromatic rings. The summed E-state index contributed by atoms with van der Waals surface area (Å²) in [5.74, 6) is 0. The maximum Gasteiger partial charge on any atom is 0.114 e. The fraction of sp³-hybridized carbons (Fsp3) is 0.0909. The third-order valence-electron chi connectivity index (χ3n) is 2.19. The summed E-state index contributed by atoms with van der Waals surface area (Å²) in [6, 6.07) is 7.11. The lowest BCUT2D eigenvalue weighted by molar-refractivity contribution is 0.223. The molecule has 1 atom stereocenters. The van der Waals surface area contributed by atoms with E-state index < -0.39 is 6.10 Å². The molecular formula is C11H6Br2Cl2OS. The lowest BCUT2D eigenvalue weighted by atomic mass is 10.1. The summed E-state index contributed by atoms with van der Waals surface area (Å²) in [5, 5.41) is 10.9. The second kappa shape index (κ2) is 5.59. The molecule has 0 aliphatic rings. The van der Waals surface area contributed by atoms with Crippen LogP contribution in [0.3, 0.4) is 0 Å². The van der Waals surface area contributed by atoms with Crippen molar-refractivity contribution in [3.63, 3.8) is 0 Å². The van der Waals surface area contributed by atoms with Crippen LogP contribution in [0.1, 0.15) is 16.5 Å². The molecule has 0 amide bonds. The van der Waals surface area contributed by atoms with Crippen LogP contribution in [0.5, 0.6) is 0 Å². The fourth-order valence-electron chi connectivity index (χ4n) is 1.37. The summed E-state index contributed by atoms with van der Waals surface area (Å²) in [6.45, 7) is 0. The Morgan fingerprint density at radius 2 is 1.82 bits per heavy atom. The van der Waals surface area contributed by atoms with Gasteiger partial charge < -0.3 is 5.11 Å². The van der Waals surface area contributed by atoms with Gasteiger partial charge in [-0.1, -0.05) is 45.2 Å². The van der Waals surface area contributed by atoms with Crippen molar-refractivity contribution >= 4 is 66.4 Å². The van der Waals surface area contributed by atoms with E-state index in [0.717, 1.165) is 19.4 Å². The van der Waals surface area contributed by atoms with Gasteiger partial charge >= 0.3 is 0 Å². The number of aliphatic hydroxyl groups is 1. The Morgan fingerprint density at radius 1 is 1.12 bits per heavy atom. The highest BCUT2D eigenvalue weighted by Crippen LogP contribution is 2.39. The summed E-state index contributed by atoms with van der Waals surface area (Å²) in [6.07, 6.45) is -0.713. The Hall–Kier alpha value is 0.420. The van der Waals surface area contributed by atoms with E-state index in [4.69, 9.17) is 23.2 Å². The van der Waals surface area contributed by atoms with E-state index in [2.05, 4.69) is 31.9 Å². The van der Waals surface area contributed by atoms with Crippen LogP contribution in [0.25, 0.3) is 0 Å². The van der Waals surface area contributed by atoms with Crippen LogP contribution in [0.15, 0.2) is 33.2 Å². The van der Waals surface area contributed by atoms with Crippen molar-refractivity contribution < 1.29 is 5.11 Å². The third-order valence-corrected chi connectivity index (χ3v) is 5.64. The van der Waals surface area contributed by atoms with Gasteiger partial charge in [0.25, 0.3) is 0 Å². The normalized spacial score (nSPS) is 12.8. The van der Waals surface area contributed by atoms with Gasteiger partial charge in [0.05, 0.1) is 0 Å². The smallest absolute Gasteiger partial charge is 0.114 e. The molecule has 0 saturated heterocycles. The predicted molar refractivity (Wildman–Crippen MR) is 80.2 cm³/mol. The van der Waals surface area contributed by atoms with Gasteiger partial charge in [-0.2, -0.15) is 0 Å². The Balaban J connectivity index is 2.39. The molecule has 0 aliphatic heterocycles. The Morgan fingerprint density at radius 3 is 2.35 bits per heavy atom. The van der Waals surface area contributed by atoms with Crippen molar-refractivity contribution in [2.24, 2.45) is 0 Å². The quantitative estimate of drug-likeness (QED) is 0.669. The Kier molecular flexibility index (Phi) is 4.55. The summed E-state index contributed by atoms with van der Waals surface area (Å²) in [5.41, 5.74) is 0.764. The summed E-state index contributed by atoms with van der Waals surface area (Å²) >= 11 is 19.9. The number of aliphatic hydroxyl groups excluding tert-OH is 1. The molecule has 0 fully saturated rings. The van der Waals surface area contributed by atoms with Gasteiger partial charge in [-0.25, -0.2) is 0 Å². The second-order valence-electron chi connectivity index (χ2n) is 3.34. The highest BCUT2D eigenvalue weighted by atomic mass is 79.9. The first-order valence-corrected chi connectivity index (χ1v) is 7.72. The standard InChI is InChI=1S/C11H6Br2Cl2OS/c12-7-3-5(14)1-2-6(7)10(16)9-4-8(13)11(15)17-9/h1-4,10,16H. The van der Waals surface area contributed by atoms with Gasteiger partial charge in [-0.3, -0.25) is 0 Å². The first kappa shape index (κ1) is 13.8. The number of benzene rings is 1. The van der Waals surface area contributed by atoms with Gasteiger partial charge in [0.15, 0.2) is 0 Å². The van der Waals surface area contributed by atoms with Crippen LogP contribution in [0.4, 0.5) is 0 Å². The zero-order valence-electron chi connectivity index (χ0n) is 8.25. The van der Waals surface area contributed by atoms with Crippen molar-refractivity contribution in [1.29, 1.82) is 0 Å². The molecule has 1 unspecified atom stereocenters. The minimum absolute atomic E-state index is 0.623. The van der Waals surface area contributed by atoms with Crippen molar-refractivity contribution in [3.8, 4) is 0 Å². The number of hydrogen-bond donors (Lipinski definition) is 1. The van der Waals surface area contributed by atoms with Crippen molar-refractivity contribution in [1.82, 2.24) is 0 Å². The molecule has 1 aromatic carbocycles. The van der Waals surface area contributed by atoms with E-state index in [0.29, 0.717) is 9.36 Å². The van der Waals surface area contributed by atoms with Gasteiger partial charge in [0.1, 0.15) is 10.4 Å². The van der Waals surface area contributed by atoms with Crippen LogP contribution >= 0.6 is 66.4 Å². The number of rotatable bonds is 2. The zero-order valence-corrected chi connectivity index (χ0v) is 13.8. The molecule has 0 aliphatic carbocycles. The van der Waals surface area contributed by atoms with Gasteiger partial charge in [0, 0.05) is 24.4 Å². The third kappa shape index (κ3) is 3.06. The maximum atomic E-state index is 10.3. The van der Waals surface area contributed by atoms with Crippen molar-refractivity contribution in [2.45, 2.75) is 6.10 Å². The zero-order chi connectivity index (χ0) is 12.6. The first-order valence-electron chi connectivity index (χ1n) is 4.57. The topological polar surface area (TPSA) is 20.2 Å². The molecule has 1 aromatic heterocycles. The van der Waals surface area contributed by atoms with Crippen LogP contribution in [0.2, 0.25) is 9.36 Å². The molecule has 1 heterocycles. The lowest BCUT2D eigenvalue weighted by Crippen LogP contribution is -1.97. The van der Waals surface area contributed by atoms with E-state index in [1.165, 1.54) is 11.3 Å². The first-order chi connectivity index (χ1) is 7.99. The summed E-state index contributed by atoms with van der Waals surface area (Å²) < 4.78 is 2.20. The molecule has 0 spiro atoms. The van der Waals surface area contributed by atoms with E-state index in [1.807, 2.05) is 6.07 Å². The monoisotopic (exact) mass is 414 g/mol. The van der Waals surface area contributed by atoms with Gasteiger partial charge in [-0.05, 0) is 34.1 Å². The van der Waals surface area contributed by atoms with Gasteiger partial charge in [-0.15, -0.1) is 11.3 Å². The molecule has 17 heavy (non-hydrogen) atoms. The number of thiophene rings is 1. The van der Waals surface area contributed by atoms with Crippen LogP contribution in [-0.4, -0.2) is 5.11 Å². The Bertz CT molecular complexity index is 537. The minimum atomic E-state index is -0.713. The molecule has 0 saturated carbocycles. The summed E-state index contributed by atoms with van der Waals surface area (Å²) in [7, 11) is 0. The molecule has 6 heteroatoms. The average Bonchev–Trinajstić information content (AvgIpc) is 2.58. The SMILES string of the molecule is OC(c1cc(Br)c(Cl)s1)c1ccc(Cl)cc1Br. The van der Waals surface area contributed by atoms with E-state index in [9.17, 15) is 5.11 Å². The second-order valence-corrected chi connectivity index (χ2v) is 7.17. The number of halogens is 4. The maximum absolute atomic E-state index is 10.3. The van der Waals surface area contributed by atoms with Crippen LogP contribution < -0.4 is 0 Å². The van der Waals surface area contributed by atoms with Crippen molar-refractivity contribution in [2.75, 3.05) is 0 Å². The van der Waals surface area contributed by atoms with Crippen LogP contribution in [0, 0.1) is 0 Å². The fourth-order valence-corrected chi connectivity index (χ4v) is 4.02. The van der Waals surface area contributed by atoms with E-state index in [1.54, 1.807) is 18.2 Å². The highest BCUT2D eigenvalue weighted by molar-refractivity contribution is 9.10. The molecule has 0 radical (unpaired) electrons. The molecule has 2 rings (SSSR count). The van der Waals surface area contributed by atoms with Crippen LogP contribution in [-0.2, 0) is 0 Å². The summed E-state index contributed by atoms with van der Waals surface area (Å²) in [4.78, 5) is 0.782. The Labute approximate surface area is 130 Å². The molecule has 90 valence electrons. The lowest BCUT2D eigenvalue weighted by Gasteiger charge is -2.11. The molecule has 1 N–H and O–H groups in total. The largest absolute Gasteiger partial charge is 0.383 e. The van der Waals surface area contributed by atoms with Gasteiger partial charge in [0.2, 0.25) is 0 Å². The molecule has 0 bridgehead atoms. The van der Waals surface area contributed by atoms with Crippen molar-refractivity contribution in [3.05, 3.63) is 53.0 Å². The van der Waals surface area contributed by atoms with E-state index in [-0.39, 0.29) is 0 Å². The molecule has 1 nitrogen and oxygen atoms in total. The molecular weight excluding hydrogens is 411 g/mol. The van der Waals surface area contributed by atoms with E-state index >= 15 is 0 Å². The average molecular weight is 417 g/mol. The predicted octanol–water partition coefficient (Wildman–Crippen LogP) is 5.66. The number of hydrogen-bond acceptors (Lipinski definition) is 2.